The van der Waals surface area contributed by atoms with E-state index in [-0.39, 0.29) is 0 Å². The zero-order valence-corrected chi connectivity index (χ0v) is 10.3. The van der Waals surface area contributed by atoms with Crippen molar-refractivity contribution in [2.24, 2.45) is 0 Å². The van der Waals surface area contributed by atoms with Crippen LogP contribution < -0.4 is 10.1 Å². The van der Waals surface area contributed by atoms with Crippen LogP contribution >= 0.6 is 11.6 Å². The summed E-state index contributed by atoms with van der Waals surface area (Å²) in [5, 5.41) is 11.2. The average Bonchev–Trinajstić information content (AvgIpc) is 2.72. The van der Waals surface area contributed by atoms with E-state index in [4.69, 9.17) is 16.3 Å². The van der Waals surface area contributed by atoms with E-state index in [1.165, 1.54) is 0 Å². The van der Waals surface area contributed by atoms with E-state index in [0.29, 0.717) is 17.3 Å². The van der Waals surface area contributed by atoms with Gasteiger partial charge in [-0.1, -0.05) is 21.9 Å². The summed E-state index contributed by atoms with van der Waals surface area (Å²) in [6, 6.07) is 5.48. The molecule has 5 nitrogen and oxygen atoms in total. The fourth-order valence-electron chi connectivity index (χ4n) is 1.37. The van der Waals surface area contributed by atoms with Gasteiger partial charge in [0.2, 0.25) is 0 Å². The Balaban J connectivity index is 2.05. The van der Waals surface area contributed by atoms with Gasteiger partial charge in [0.25, 0.3) is 0 Å². The van der Waals surface area contributed by atoms with E-state index in [1.807, 2.05) is 13.0 Å². The molecule has 17 heavy (non-hydrogen) atoms. The van der Waals surface area contributed by atoms with Gasteiger partial charge < -0.3 is 10.1 Å². The predicted octanol–water partition coefficient (Wildman–Crippen LogP) is 2.65. The van der Waals surface area contributed by atoms with Crippen molar-refractivity contribution in [1.82, 2.24) is 10.3 Å². The Morgan fingerprint density at radius 1 is 1.41 bits per heavy atom. The third kappa shape index (κ3) is 2.68. The van der Waals surface area contributed by atoms with Crippen molar-refractivity contribution in [2.45, 2.75) is 13.5 Å². The molecule has 0 aliphatic heterocycles. The minimum Gasteiger partial charge on any atom is -0.495 e. The zero-order chi connectivity index (χ0) is 12.3. The Hall–Kier alpha value is -1.75. The molecule has 0 spiro atoms. The van der Waals surface area contributed by atoms with Crippen molar-refractivity contribution >= 4 is 17.3 Å². The first-order valence-electron chi connectivity index (χ1n) is 5.06. The van der Waals surface area contributed by atoms with Crippen molar-refractivity contribution in [3.8, 4) is 5.75 Å². The van der Waals surface area contributed by atoms with Gasteiger partial charge in [-0.3, -0.25) is 0 Å². The fourth-order valence-corrected chi connectivity index (χ4v) is 1.63. The molecule has 0 amide bonds. The van der Waals surface area contributed by atoms with Crippen LogP contribution in [0.2, 0.25) is 5.02 Å². The topological polar surface area (TPSA) is 60.2 Å². The molecular formula is C11H12ClN3O2. The Bertz CT molecular complexity index is 513. The zero-order valence-electron chi connectivity index (χ0n) is 9.53. The van der Waals surface area contributed by atoms with E-state index in [2.05, 4.69) is 20.3 Å². The third-order valence-corrected chi connectivity index (χ3v) is 2.65. The molecule has 0 bridgehead atoms. The Labute approximate surface area is 104 Å². The minimum atomic E-state index is 0.540. The molecule has 1 N–H and O–H groups in total. The highest BCUT2D eigenvalue weighted by molar-refractivity contribution is 6.32. The van der Waals surface area contributed by atoms with Crippen LogP contribution in [0.4, 0.5) is 5.69 Å². The molecule has 0 aliphatic rings. The number of ether oxygens (including phenoxy) is 1. The summed E-state index contributed by atoms with van der Waals surface area (Å²) in [5.74, 6) is 0.650. The minimum absolute atomic E-state index is 0.540. The highest BCUT2D eigenvalue weighted by atomic mass is 35.5. The predicted molar refractivity (Wildman–Crippen MR) is 64.4 cm³/mol. The molecule has 90 valence electrons. The largest absolute Gasteiger partial charge is 0.495 e. The molecule has 0 fully saturated rings. The first kappa shape index (κ1) is 11.7. The molecule has 0 unspecified atom stereocenters. The van der Waals surface area contributed by atoms with E-state index < -0.39 is 0 Å². The van der Waals surface area contributed by atoms with Crippen LogP contribution in [0.5, 0.6) is 5.75 Å². The number of benzene rings is 1. The molecular weight excluding hydrogens is 242 g/mol. The lowest BCUT2D eigenvalue weighted by molar-refractivity contribution is 0.301. The van der Waals surface area contributed by atoms with E-state index >= 15 is 0 Å². The summed E-state index contributed by atoms with van der Waals surface area (Å²) in [6.45, 7) is 2.38. The first-order chi connectivity index (χ1) is 8.20. The first-order valence-corrected chi connectivity index (χ1v) is 5.44. The smallest absolute Gasteiger partial charge is 0.137 e. The van der Waals surface area contributed by atoms with Crippen molar-refractivity contribution in [3.05, 3.63) is 34.6 Å². The van der Waals surface area contributed by atoms with E-state index in [9.17, 15) is 0 Å². The van der Waals surface area contributed by atoms with Crippen LogP contribution in [0.1, 0.15) is 11.4 Å². The molecule has 1 aromatic carbocycles. The number of hydrogen-bond acceptors (Lipinski definition) is 5. The standard InChI is InChI=1S/C11H12ClN3O2/c1-7-10(15-17-14-7)6-13-8-3-4-11(16-2)9(12)5-8/h3-5,13H,6H2,1-2H3. The van der Waals surface area contributed by atoms with Gasteiger partial charge in [-0.2, -0.15) is 0 Å². The van der Waals surface area contributed by atoms with Crippen LogP contribution in [0, 0.1) is 6.92 Å². The Morgan fingerprint density at radius 3 is 2.82 bits per heavy atom. The lowest BCUT2D eigenvalue weighted by Gasteiger charge is -2.07. The molecule has 0 aliphatic carbocycles. The normalized spacial score (nSPS) is 10.3. The SMILES string of the molecule is COc1ccc(NCc2nonc2C)cc1Cl. The van der Waals surface area contributed by atoms with Crippen molar-refractivity contribution < 1.29 is 9.37 Å². The molecule has 2 rings (SSSR count). The second-order valence-electron chi connectivity index (χ2n) is 3.50. The molecule has 2 aromatic rings. The molecule has 0 saturated heterocycles. The number of halogens is 1. The van der Waals surface area contributed by atoms with Crippen molar-refractivity contribution in [3.63, 3.8) is 0 Å². The highest BCUT2D eigenvalue weighted by Gasteiger charge is 2.05. The van der Waals surface area contributed by atoms with Gasteiger partial charge in [-0.15, -0.1) is 0 Å². The molecule has 0 radical (unpaired) electrons. The molecule has 0 atom stereocenters. The van der Waals surface area contributed by atoms with Crippen molar-refractivity contribution in [1.29, 1.82) is 0 Å². The summed E-state index contributed by atoms with van der Waals surface area (Å²) in [7, 11) is 1.58. The third-order valence-electron chi connectivity index (χ3n) is 2.36. The van der Waals surface area contributed by atoms with Crippen LogP contribution in [-0.2, 0) is 6.54 Å². The summed E-state index contributed by atoms with van der Waals surface area (Å²) in [6.07, 6.45) is 0. The second kappa shape index (κ2) is 5.05. The van der Waals surface area contributed by atoms with Gasteiger partial charge in [-0.25, -0.2) is 4.63 Å². The summed E-state index contributed by atoms with van der Waals surface area (Å²) >= 11 is 6.01. The second-order valence-corrected chi connectivity index (χ2v) is 3.91. The monoisotopic (exact) mass is 253 g/mol. The van der Waals surface area contributed by atoms with Crippen LogP contribution in [0.3, 0.4) is 0 Å². The Kier molecular flexibility index (Phi) is 3.49. The summed E-state index contributed by atoms with van der Waals surface area (Å²) in [4.78, 5) is 0. The molecule has 1 aromatic heterocycles. The maximum Gasteiger partial charge on any atom is 0.137 e. The quantitative estimate of drug-likeness (QED) is 0.908. The average molecular weight is 254 g/mol. The number of methoxy groups -OCH3 is 1. The maximum absolute atomic E-state index is 6.01. The van der Waals surface area contributed by atoms with Crippen molar-refractivity contribution in [2.75, 3.05) is 12.4 Å². The summed E-state index contributed by atoms with van der Waals surface area (Å²) < 4.78 is 9.68. The fraction of sp³-hybridized carbons (Fsp3) is 0.273. The number of hydrogen-bond donors (Lipinski definition) is 1. The number of rotatable bonds is 4. The lowest BCUT2D eigenvalue weighted by atomic mass is 10.3. The number of anilines is 1. The number of aryl methyl sites for hydroxylation is 1. The van der Waals surface area contributed by atoms with Gasteiger partial charge in [0.05, 0.1) is 18.7 Å². The van der Waals surface area contributed by atoms with Gasteiger partial charge in [0, 0.05) is 5.69 Å². The van der Waals surface area contributed by atoms with Crippen LogP contribution in [0.25, 0.3) is 0 Å². The van der Waals surface area contributed by atoms with Gasteiger partial charge in [0.15, 0.2) is 0 Å². The van der Waals surface area contributed by atoms with E-state index in [0.717, 1.165) is 17.1 Å². The number of nitrogens with zero attached hydrogens (tertiary/aromatic N) is 2. The highest BCUT2D eigenvalue weighted by Crippen LogP contribution is 2.27. The van der Waals surface area contributed by atoms with Gasteiger partial charge in [0.1, 0.15) is 17.1 Å². The van der Waals surface area contributed by atoms with Crippen LogP contribution in [0.15, 0.2) is 22.8 Å². The number of nitrogens with one attached hydrogen (secondary N) is 1. The van der Waals surface area contributed by atoms with Gasteiger partial charge in [-0.05, 0) is 25.1 Å². The number of aromatic nitrogens is 2. The molecule has 1 heterocycles. The lowest BCUT2D eigenvalue weighted by Crippen LogP contribution is -2.01. The maximum atomic E-state index is 6.01. The Morgan fingerprint density at radius 2 is 2.24 bits per heavy atom. The molecule has 6 heteroatoms. The van der Waals surface area contributed by atoms with E-state index in [1.54, 1.807) is 19.2 Å². The van der Waals surface area contributed by atoms with Crippen LogP contribution in [-0.4, -0.2) is 17.4 Å². The van der Waals surface area contributed by atoms with Gasteiger partial charge >= 0.3 is 0 Å². The molecule has 0 saturated carbocycles. The summed E-state index contributed by atoms with van der Waals surface area (Å²) in [5.41, 5.74) is 2.44.